The number of hydrogen-bond donors (Lipinski definition) is 0. The molecule has 0 aliphatic heterocycles. The maximum Gasteiger partial charge on any atom is 0.310 e. The first-order valence-electron chi connectivity index (χ1n) is 8.10. The van der Waals surface area contributed by atoms with E-state index in [2.05, 4.69) is 13.8 Å². The van der Waals surface area contributed by atoms with Crippen molar-refractivity contribution in [3.05, 3.63) is 0 Å². The molecule has 3 heteroatoms. The average Bonchev–Trinajstić information content (AvgIpc) is 2.39. The maximum absolute atomic E-state index is 11.8. The topological polar surface area (TPSA) is 35.5 Å². The normalized spacial score (nSPS) is 13.6. The fourth-order valence-corrected chi connectivity index (χ4v) is 1.99. The molecule has 0 aromatic heterocycles. The van der Waals surface area contributed by atoms with Crippen LogP contribution in [0.15, 0.2) is 0 Å². The zero-order chi connectivity index (χ0) is 15.6. The highest BCUT2D eigenvalue weighted by Crippen LogP contribution is 2.16. The van der Waals surface area contributed by atoms with E-state index in [-0.39, 0.29) is 17.5 Å². The smallest absolute Gasteiger partial charge is 0.310 e. The van der Waals surface area contributed by atoms with Crippen LogP contribution in [-0.2, 0) is 14.3 Å². The van der Waals surface area contributed by atoms with Crippen molar-refractivity contribution < 1.29 is 14.3 Å². The van der Waals surface area contributed by atoms with E-state index in [0.29, 0.717) is 13.2 Å². The summed E-state index contributed by atoms with van der Waals surface area (Å²) in [5, 5.41) is 0. The molecule has 0 amide bonds. The molecule has 20 heavy (non-hydrogen) atoms. The molecule has 0 heterocycles. The zero-order valence-corrected chi connectivity index (χ0v) is 14.3. The Morgan fingerprint density at radius 3 is 2.20 bits per heavy atom. The summed E-state index contributed by atoms with van der Waals surface area (Å²) in [5.41, 5.74) is -0.205. The Bertz CT molecular complexity index is 251. The summed E-state index contributed by atoms with van der Waals surface area (Å²) in [5.74, 6) is 0.495. The summed E-state index contributed by atoms with van der Waals surface area (Å²) in [6, 6.07) is 0. The van der Waals surface area contributed by atoms with Gasteiger partial charge in [0.05, 0.1) is 24.7 Å². The standard InChI is InChI=1S/C17H34O3/c1-7-15(8-2)11-9-10-12-19-16(18)14(3)13-20-17(4,5)6/h14-15H,7-13H2,1-6H3. The summed E-state index contributed by atoms with van der Waals surface area (Å²) in [6.45, 7) is 13.3. The van der Waals surface area contributed by atoms with Crippen molar-refractivity contribution in [2.45, 2.75) is 79.2 Å². The molecule has 0 saturated carbocycles. The van der Waals surface area contributed by atoms with Crippen molar-refractivity contribution in [1.82, 2.24) is 0 Å². The molecule has 0 spiro atoms. The first-order chi connectivity index (χ1) is 9.30. The first kappa shape index (κ1) is 19.4. The molecule has 0 N–H and O–H groups in total. The van der Waals surface area contributed by atoms with E-state index < -0.39 is 0 Å². The summed E-state index contributed by atoms with van der Waals surface area (Å²) < 4.78 is 10.9. The molecule has 0 radical (unpaired) electrons. The Labute approximate surface area is 125 Å². The predicted molar refractivity (Wildman–Crippen MR) is 83.8 cm³/mol. The SMILES string of the molecule is CCC(CC)CCCCOC(=O)C(C)COC(C)(C)C. The molecular formula is C17H34O3. The van der Waals surface area contributed by atoms with Gasteiger partial charge < -0.3 is 9.47 Å². The second-order valence-electron chi connectivity index (χ2n) is 6.67. The molecule has 0 aromatic carbocycles. The average molecular weight is 286 g/mol. The summed E-state index contributed by atoms with van der Waals surface area (Å²) in [4.78, 5) is 11.8. The van der Waals surface area contributed by atoms with Crippen molar-refractivity contribution in [2.24, 2.45) is 11.8 Å². The molecule has 3 nitrogen and oxygen atoms in total. The molecule has 0 fully saturated rings. The van der Waals surface area contributed by atoms with Crippen LogP contribution in [0.2, 0.25) is 0 Å². The summed E-state index contributed by atoms with van der Waals surface area (Å²) in [7, 11) is 0. The van der Waals surface area contributed by atoms with Crippen molar-refractivity contribution in [2.75, 3.05) is 13.2 Å². The Kier molecular flexibility index (Phi) is 9.91. The molecular weight excluding hydrogens is 252 g/mol. The van der Waals surface area contributed by atoms with Gasteiger partial charge in [-0.3, -0.25) is 4.79 Å². The number of carbonyl (C=O) groups excluding carboxylic acids is 1. The summed E-state index contributed by atoms with van der Waals surface area (Å²) in [6.07, 6.45) is 5.85. The van der Waals surface area contributed by atoms with Gasteiger partial charge in [-0.05, 0) is 46.5 Å². The van der Waals surface area contributed by atoms with Gasteiger partial charge in [-0.25, -0.2) is 0 Å². The molecule has 0 aliphatic carbocycles. The lowest BCUT2D eigenvalue weighted by Gasteiger charge is -2.21. The quantitative estimate of drug-likeness (QED) is 0.435. The minimum atomic E-state index is -0.205. The largest absolute Gasteiger partial charge is 0.465 e. The van der Waals surface area contributed by atoms with Crippen molar-refractivity contribution in [1.29, 1.82) is 0 Å². The highest BCUT2D eigenvalue weighted by molar-refractivity contribution is 5.72. The fourth-order valence-electron chi connectivity index (χ4n) is 1.99. The predicted octanol–water partition coefficient (Wildman–Crippen LogP) is 4.59. The van der Waals surface area contributed by atoms with Crippen LogP contribution >= 0.6 is 0 Å². The molecule has 0 aromatic rings. The Morgan fingerprint density at radius 1 is 1.10 bits per heavy atom. The number of esters is 1. The van der Waals surface area contributed by atoms with E-state index in [0.717, 1.165) is 18.8 Å². The van der Waals surface area contributed by atoms with Crippen LogP contribution in [0.4, 0.5) is 0 Å². The Balaban J connectivity index is 3.67. The van der Waals surface area contributed by atoms with Crippen LogP contribution in [0.25, 0.3) is 0 Å². The van der Waals surface area contributed by atoms with Crippen molar-refractivity contribution in [3.8, 4) is 0 Å². The van der Waals surface area contributed by atoms with Crippen LogP contribution in [0.3, 0.4) is 0 Å². The third-order valence-corrected chi connectivity index (χ3v) is 3.57. The summed E-state index contributed by atoms with van der Waals surface area (Å²) >= 11 is 0. The highest BCUT2D eigenvalue weighted by atomic mass is 16.5. The lowest BCUT2D eigenvalue weighted by atomic mass is 9.97. The van der Waals surface area contributed by atoms with Gasteiger partial charge in [-0.1, -0.05) is 33.1 Å². The van der Waals surface area contributed by atoms with E-state index in [4.69, 9.17) is 9.47 Å². The Morgan fingerprint density at radius 2 is 1.70 bits per heavy atom. The van der Waals surface area contributed by atoms with Gasteiger partial charge in [0, 0.05) is 0 Å². The maximum atomic E-state index is 11.8. The van der Waals surface area contributed by atoms with Gasteiger partial charge >= 0.3 is 5.97 Å². The highest BCUT2D eigenvalue weighted by Gasteiger charge is 2.18. The number of rotatable bonds is 10. The van der Waals surface area contributed by atoms with Crippen LogP contribution in [0.1, 0.15) is 73.6 Å². The van der Waals surface area contributed by atoms with Crippen molar-refractivity contribution in [3.63, 3.8) is 0 Å². The van der Waals surface area contributed by atoms with Gasteiger partial charge in [0.25, 0.3) is 0 Å². The van der Waals surface area contributed by atoms with Gasteiger partial charge in [0.15, 0.2) is 0 Å². The third kappa shape index (κ3) is 10.2. The van der Waals surface area contributed by atoms with Crippen LogP contribution in [0, 0.1) is 11.8 Å². The van der Waals surface area contributed by atoms with E-state index in [9.17, 15) is 4.79 Å². The fraction of sp³-hybridized carbons (Fsp3) is 0.941. The van der Waals surface area contributed by atoms with Gasteiger partial charge in [-0.2, -0.15) is 0 Å². The Hall–Kier alpha value is -0.570. The lowest BCUT2D eigenvalue weighted by Crippen LogP contribution is -2.27. The molecule has 0 rings (SSSR count). The van der Waals surface area contributed by atoms with Gasteiger partial charge in [0.1, 0.15) is 0 Å². The van der Waals surface area contributed by atoms with E-state index in [1.807, 2.05) is 27.7 Å². The van der Waals surface area contributed by atoms with E-state index >= 15 is 0 Å². The minimum Gasteiger partial charge on any atom is -0.465 e. The number of hydrogen-bond acceptors (Lipinski definition) is 3. The molecule has 120 valence electrons. The molecule has 0 saturated heterocycles. The molecule has 1 unspecified atom stereocenters. The molecule has 1 atom stereocenters. The van der Waals surface area contributed by atoms with Crippen molar-refractivity contribution >= 4 is 5.97 Å². The first-order valence-corrected chi connectivity index (χ1v) is 8.10. The third-order valence-electron chi connectivity index (χ3n) is 3.57. The number of unbranched alkanes of at least 4 members (excludes halogenated alkanes) is 1. The number of ether oxygens (including phenoxy) is 2. The molecule has 0 aliphatic rings. The van der Waals surface area contributed by atoms with Gasteiger partial charge in [0.2, 0.25) is 0 Å². The van der Waals surface area contributed by atoms with E-state index in [1.165, 1.54) is 19.3 Å². The van der Waals surface area contributed by atoms with E-state index in [1.54, 1.807) is 0 Å². The van der Waals surface area contributed by atoms with Crippen LogP contribution < -0.4 is 0 Å². The van der Waals surface area contributed by atoms with Gasteiger partial charge in [-0.15, -0.1) is 0 Å². The van der Waals surface area contributed by atoms with Crippen LogP contribution in [0.5, 0.6) is 0 Å². The van der Waals surface area contributed by atoms with Crippen LogP contribution in [-0.4, -0.2) is 24.8 Å². The molecule has 0 bridgehead atoms. The number of carbonyl (C=O) groups is 1. The second kappa shape index (κ2) is 10.2. The monoisotopic (exact) mass is 286 g/mol. The minimum absolute atomic E-state index is 0.142. The zero-order valence-electron chi connectivity index (χ0n) is 14.3. The second-order valence-corrected chi connectivity index (χ2v) is 6.67. The lowest BCUT2D eigenvalue weighted by molar-refractivity contribution is -0.151.